The van der Waals surface area contributed by atoms with Crippen LogP contribution in [0.5, 0.6) is 0 Å². The molecule has 0 unspecified atom stereocenters. The van der Waals surface area contributed by atoms with Crippen LogP contribution in [0.1, 0.15) is 6.92 Å². The van der Waals surface area contributed by atoms with Gasteiger partial charge in [0, 0.05) is 0 Å². The third-order valence-corrected chi connectivity index (χ3v) is 1.23. The van der Waals surface area contributed by atoms with Crippen molar-refractivity contribution < 1.29 is 37.5 Å². The molecule has 0 aromatic carbocycles. The maximum atomic E-state index is 4.84. The Bertz CT molecular complexity index is 20.8. The minimum atomic E-state index is -0.182. The molecule has 6 heavy (non-hydrogen) atoms. The zero-order chi connectivity index (χ0) is 4.83. The second-order valence-corrected chi connectivity index (χ2v) is 2.14. The molecule has 0 aromatic heterocycles. The van der Waals surface area contributed by atoms with Gasteiger partial charge >= 0.3 is 58.2 Å². The van der Waals surface area contributed by atoms with Crippen LogP contribution in [0.3, 0.4) is 0 Å². The normalized spacial score (nSPS) is 9.67. The molecule has 0 aliphatic rings. The Morgan fingerprint density at radius 3 is 2.50 bits per heavy atom. The van der Waals surface area contributed by atoms with Gasteiger partial charge in [-0.25, -0.2) is 0 Å². The van der Waals surface area contributed by atoms with E-state index in [-0.39, 0.29) is 34.6 Å². The van der Waals surface area contributed by atoms with E-state index < -0.39 is 0 Å². The molecular formula is C3H8ErO2. The first-order valence-electron chi connectivity index (χ1n) is 1.64. The van der Waals surface area contributed by atoms with E-state index in [1.165, 1.54) is 0 Å². The van der Waals surface area contributed by atoms with Gasteiger partial charge in [-0.2, -0.15) is 0 Å². The zero-order valence-electron chi connectivity index (χ0n) is 3.81. The van der Waals surface area contributed by atoms with Crippen molar-refractivity contribution >= 4 is 0 Å². The summed E-state index contributed by atoms with van der Waals surface area (Å²) in [5.74, 6) is 0. The average molecular weight is 243 g/mol. The van der Waals surface area contributed by atoms with E-state index >= 15 is 0 Å². The summed E-state index contributed by atoms with van der Waals surface area (Å²) in [7, 11) is 1.64. The molecule has 0 atom stereocenters. The zero-order valence-corrected chi connectivity index (χ0v) is 5.66. The van der Waals surface area contributed by atoms with E-state index in [1.54, 1.807) is 7.11 Å². The first kappa shape index (κ1) is 7.17. The van der Waals surface area contributed by atoms with Crippen molar-refractivity contribution in [2.24, 2.45) is 0 Å². The summed E-state index contributed by atoms with van der Waals surface area (Å²) >= 11 is -0.182. The van der Waals surface area contributed by atoms with Gasteiger partial charge in [-0.05, 0) is 0 Å². The Balaban J connectivity index is 2.34. The summed E-state index contributed by atoms with van der Waals surface area (Å²) in [6.07, 6.45) is 0. The Morgan fingerprint density at radius 2 is 2.33 bits per heavy atom. The molecule has 2 nitrogen and oxygen atoms in total. The standard InChI is InChI=1S/C2H5O.CH3O.Er/c1-2-3;1-2;/h2H2,1H3;1H3;/q2*-1;+2. The summed E-state index contributed by atoms with van der Waals surface area (Å²) in [6.45, 7) is 2.72. The van der Waals surface area contributed by atoms with Crippen LogP contribution < -0.4 is 0 Å². The number of hydrogen-bond donors (Lipinski definition) is 0. The quantitative estimate of drug-likeness (QED) is 0.675. The molecule has 0 amide bonds. The monoisotopic (exact) mass is 242 g/mol. The minimum absolute atomic E-state index is 0.182. The molecule has 0 saturated heterocycles. The van der Waals surface area contributed by atoms with Crippen molar-refractivity contribution in [2.45, 2.75) is 6.92 Å². The number of rotatable bonds is 3. The fourth-order valence-corrected chi connectivity index (χ4v) is 0.505. The van der Waals surface area contributed by atoms with Gasteiger partial charge in [0.15, 0.2) is 0 Å². The van der Waals surface area contributed by atoms with Crippen LogP contribution >= 0.6 is 0 Å². The van der Waals surface area contributed by atoms with Gasteiger partial charge in [-0.1, -0.05) is 0 Å². The summed E-state index contributed by atoms with van der Waals surface area (Å²) in [5, 5.41) is 0. The van der Waals surface area contributed by atoms with Gasteiger partial charge in [0.2, 0.25) is 0 Å². The summed E-state index contributed by atoms with van der Waals surface area (Å²) < 4.78 is 9.49. The Hall–Kier alpha value is 1.17. The van der Waals surface area contributed by atoms with Gasteiger partial charge in [-0.15, -0.1) is 0 Å². The van der Waals surface area contributed by atoms with E-state index in [0.717, 1.165) is 6.61 Å². The molecule has 0 aliphatic carbocycles. The first-order chi connectivity index (χ1) is 2.91. The topological polar surface area (TPSA) is 18.5 Å². The predicted molar refractivity (Wildman–Crippen MR) is 18.6 cm³/mol. The molecule has 0 heterocycles. The van der Waals surface area contributed by atoms with Crippen molar-refractivity contribution in [1.82, 2.24) is 0 Å². The fraction of sp³-hybridized carbons (Fsp3) is 1.00. The average Bonchev–Trinajstić information content (AvgIpc) is 1.61. The second-order valence-electron chi connectivity index (χ2n) is 0.538. The molecule has 0 fully saturated rings. The van der Waals surface area contributed by atoms with Crippen molar-refractivity contribution in [3.63, 3.8) is 0 Å². The van der Waals surface area contributed by atoms with Gasteiger partial charge in [0.05, 0.1) is 0 Å². The van der Waals surface area contributed by atoms with E-state index in [1.807, 2.05) is 6.92 Å². The molecule has 0 N–H and O–H groups in total. The maximum absolute atomic E-state index is 4.84. The molecule has 3 heteroatoms. The van der Waals surface area contributed by atoms with Crippen LogP contribution in [-0.4, -0.2) is 13.7 Å². The Labute approximate surface area is 57.8 Å². The van der Waals surface area contributed by atoms with Gasteiger partial charge in [-0.3, -0.25) is 0 Å². The van der Waals surface area contributed by atoms with Crippen LogP contribution in [0.4, 0.5) is 0 Å². The summed E-state index contributed by atoms with van der Waals surface area (Å²) in [4.78, 5) is 0. The first-order valence-corrected chi connectivity index (χ1v) is 3.15. The van der Waals surface area contributed by atoms with Crippen LogP contribution in [0, 0.1) is 34.6 Å². The van der Waals surface area contributed by atoms with Crippen LogP contribution in [0.15, 0.2) is 0 Å². The molecule has 44 valence electrons. The fourth-order valence-electron chi connectivity index (χ4n) is 0.0680. The third-order valence-electron chi connectivity index (χ3n) is 0.165. The molecular weight excluding hydrogens is 235 g/mol. The third kappa shape index (κ3) is 5.17. The second kappa shape index (κ2) is 6.17. The SMILES string of the molecule is CC[O][Er][O]C. The van der Waals surface area contributed by atoms with E-state index in [0.29, 0.717) is 0 Å². The van der Waals surface area contributed by atoms with Crippen molar-refractivity contribution in [1.29, 1.82) is 0 Å². The van der Waals surface area contributed by atoms with Crippen molar-refractivity contribution in [3.8, 4) is 0 Å². The van der Waals surface area contributed by atoms with E-state index in [2.05, 4.69) is 1.50 Å². The van der Waals surface area contributed by atoms with Crippen molar-refractivity contribution in [2.75, 3.05) is 13.7 Å². The molecule has 0 aliphatic heterocycles. The molecule has 0 spiro atoms. The van der Waals surface area contributed by atoms with Crippen molar-refractivity contribution in [3.05, 3.63) is 0 Å². The van der Waals surface area contributed by atoms with Gasteiger partial charge < -0.3 is 0 Å². The Kier molecular flexibility index (Phi) is 7.37. The van der Waals surface area contributed by atoms with Crippen LogP contribution in [0.2, 0.25) is 0 Å². The molecule has 0 aromatic rings. The molecule has 0 rings (SSSR count). The summed E-state index contributed by atoms with van der Waals surface area (Å²) in [6, 6.07) is 0. The van der Waals surface area contributed by atoms with E-state index in [4.69, 9.17) is 1.50 Å². The van der Waals surface area contributed by atoms with Crippen LogP contribution in [0.25, 0.3) is 0 Å². The van der Waals surface area contributed by atoms with Crippen LogP contribution in [-0.2, 0) is 2.99 Å². The Morgan fingerprint density at radius 1 is 1.67 bits per heavy atom. The predicted octanol–water partition coefficient (Wildman–Crippen LogP) is 0.584. The molecule has 0 radical (unpaired) electrons. The van der Waals surface area contributed by atoms with E-state index in [9.17, 15) is 0 Å². The van der Waals surface area contributed by atoms with Gasteiger partial charge in [0.1, 0.15) is 0 Å². The molecule has 0 saturated carbocycles. The van der Waals surface area contributed by atoms with Gasteiger partial charge in [0.25, 0.3) is 0 Å². The molecule has 0 bridgehead atoms. The number of hydrogen-bond acceptors (Lipinski definition) is 2. The summed E-state index contributed by atoms with van der Waals surface area (Å²) in [5.41, 5.74) is 0.